The first-order valence-electron chi connectivity index (χ1n) is 5.94. The maximum atomic E-state index is 11.1. The van der Waals surface area contributed by atoms with Crippen molar-refractivity contribution in [3.05, 3.63) is 64.7 Å². The Labute approximate surface area is 107 Å². The van der Waals surface area contributed by atoms with Gasteiger partial charge in [0.15, 0.2) is 6.29 Å². The lowest BCUT2D eigenvalue weighted by atomic mass is 10.1. The van der Waals surface area contributed by atoms with Crippen molar-refractivity contribution >= 4 is 6.29 Å². The van der Waals surface area contributed by atoms with Crippen molar-refractivity contribution in [2.45, 2.75) is 20.5 Å². The maximum Gasteiger partial charge on any atom is 0.154 e. The summed E-state index contributed by atoms with van der Waals surface area (Å²) in [6.07, 6.45) is 0.856. The molecule has 0 amide bonds. The molecule has 0 heterocycles. The van der Waals surface area contributed by atoms with Crippen LogP contribution in [0.1, 0.15) is 27.0 Å². The van der Waals surface area contributed by atoms with Crippen molar-refractivity contribution in [3.8, 4) is 5.75 Å². The van der Waals surface area contributed by atoms with Crippen LogP contribution in [0.15, 0.2) is 42.5 Å². The Balaban J connectivity index is 2.21. The molecule has 0 radical (unpaired) electrons. The molecule has 0 saturated heterocycles. The standard InChI is InChI=1S/C16H16O2/c1-12-8-13(2)15(10-17)16(9-12)18-11-14-6-4-3-5-7-14/h3-10H,11H2,1-2H3. The third kappa shape index (κ3) is 2.77. The number of aldehydes is 1. The molecule has 2 aromatic rings. The molecule has 0 aromatic heterocycles. The van der Waals surface area contributed by atoms with E-state index in [-0.39, 0.29) is 0 Å². The molecule has 0 N–H and O–H groups in total. The average Bonchev–Trinajstić information content (AvgIpc) is 2.37. The predicted molar refractivity (Wildman–Crippen MR) is 72.1 cm³/mol. The lowest BCUT2D eigenvalue weighted by Gasteiger charge is -2.11. The SMILES string of the molecule is Cc1cc(C)c(C=O)c(OCc2ccccc2)c1. The summed E-state index contributed by atoms with van der Waals surface area (Å²) >= 11 is 0. The van der Waals surface area contributed by atoms with Gasteiger partial charge < -0.3 is 4.74 Å². The van der Waals surface area contributed by atoms with Gasteiger partial charge >= 0.3 is 0 Å². The Morgan fingerprint density at radius 2 is 1.83 bits per heavy atom. The van der Waals surface area contributed by atoms with Gasteiger partial charge in [-0.2, -0.15) is 0 Å². The summed E-state index contributed by atoms with van der Waals surface area (Å²) in [6, 6.07) is 13.8. The molecule has 2 nitrogen and oxygen atoms in total. The van der Waals surface area contributed by atoms with Crippen LogP contribution in [0.2, 0.25) is 0 Å². The number of hydrogen-bond donors (Lipinski definition) is 0. The Bertz CT molecular complexity index is 545. The normalized spacial score (nSPS) is 10.1. The largest absolute Gasteiger partial charge is 0.488 e. The smallest absolute Gasteiger partial charge is 0.154 e. The predicted octanol–water partition coefficient (Wildman–Crippen LogP) is 3.69. The third-order valence-corrected chi connectivity index (χ3v) is 2.85. The molecule has 0 aliphatic heterocycles. The van der Waals surface area contributed by atoms with Crippen molar-refractivity contribution < 1.29 is 9.53 Å². The van der Waals surface area contributed by atoms with Gasteiger partial charge in [-0.05, 0) is 36.6 Å². The van der Waals surface area contributed by atoms with E-state index in [9.17, 15) is 4.79 Å². The van der Waals surface area contributed by atoms with Crippen molar-refractivity contribution in [2.24, 2.45) is 0 Å². The summed E-state index contributed by atoms with van der Waals surface area (Å²) in [5.74, 6) is 0.659. The Kier molecular flexibility index (Phi) is 3.78. The molecule has 0 bridgehead atoms. The highest BCUT2D eigenvalue weighted by atomic mass is 16.5. The molecule has 0 fully saturated rings. The number of ether oxygens (including phenoxy) is 1. The molecule has 2 heteroatoms. The number of carbonyl (C=O) groups excluding carboxylic acids is 1. The highest BCUT2D eigenvalue weighted by Crippen LogP contribution is 2.23. The number of rotatable bonds is 4. The quantitative estimate of drug-likeness (QED) is 0.762. The molecule has 0 unspecified atom stereocenters. The highest BCUT2D eigenvalue weighted by molar-refractivity contribution is 5.81. The molecule has 0 saturated carbocycles. The molecule has 92 valence electrons. The van der Waals surface area contributed by atoms with Gasteiger partial charge in [-0.25, -0.2) is 0 Å². The second-order valence-corrected chi connectivity index (χ2v) is 4.39. The Morgan fingerprint density at radius 1 is 1.11 bits per heavy atom. The van der Waals surface area contributed by atoms with E-state index in [1.54, 1.807) is 0 Å². The van der Waals surface area contributed by atoms with Gasteiger partial charge in [0.2, 0.25) is 0 Å². The van der Waals surface area contributed by atoms with Gasteiger partial charge in [0, 0.05) is 0 Å². The van der Waals surface area contributed by atoms with E-state index in [0.717, 1.165) is 23.0 Å². The average molecular weight is 240 g/mol. The monoisotopic (exact) mass is 240 g/mol. The first kappa shape index (κ1) is 12.4. The zero-order valence-electron chi connectivity index (χ0n) is 10.6. The molecule has 2 rings (SSSR count). The van der Waals surface area contributed by atoms with E-state index in [4.69, 9.17) is 4.74 Å². The Morgan fingerprint density at radius 3 is 2.50 bits per heavy atom. The van der Waals surface area contributed by atoms with Crippen LogP contribution in [0.25, 0.3) is 0 Å². The van der Waals surface area contributed by atoms with Crippen molar-refractivity contribution in [2.75, 3.05) is 0 Å². The van der Waals surface area contributed by atoms with Crippen LogP contribution in [-0.2, 0) is 6.61 Å². The van der Waals surface area contributed by atoms with E-state index in [1.807, 2.05) is 56.3 Å². The van der Waals surface area contributed by atoms with Crippen LogP contribution in [-0.4, -0.2) is 6.29 Å². The van der Waals surface area contributed by atoms with E-state index >= 15 is 0 Å². The first-order valence-corrected chi connectivity index (χ1v) is 5.94. The fraction of sp³-hybridized carbons (Fsp3) is 0.188. The van der Waals surface area contributed by atoms with Gasteiger partial charge in [0.1, 0.15) is 12.4 Å². The summed E-state index contributed by atoms with van der Waals surface area (Å²) < 4.78 is 5.74. The van der Waals surface area contributed by atoms with Crippen LogP contribution in [0.5, 0.6) is 5.75 Å². The van der Waals surface area contributed by atoms with Gasteiger partial charge in [-0.1, -0.05) is 36.4 Å². The minimum Gasteiger partial charge on any atom is -0.488 e. The van der Waals surface area contributed by atoms with Crippen LogP contribution in [0.4, 0.5) is 0 Å². The minimum absolute atomic E-state index is 0.477. The zero-order chi connectivity index (χ0) is 13.0. The van der Waals surface area contributed by atoms with Crippen molar-refractivity contribution in [1.29, 1.82) is 0 Å². The van der Waals surface area contributed by atoms with Crippen molar-refractivity contribution in [3.63, 3.8) is 0 Å². The van der Waals surface area contributed by atoms with Crippen LogP contribution in [0, 0.1) is 13.8 Å². The van der Waals surface area contributed by atoms with Crippen LogP contribution in [0.3, 0.4) is 0 Å². The number of hydrogen-bond acceptors (Lipinski definition) is 2. The number of benzene rings is 2. The molecule has 2 aromatic carbocycles. The second kappa shape index (κ2) is 5.50. The van der Waals surface area contributed by atoms with Gasteiger partial charge in [-0.15, -0.1) is 0 Å². The van der Waals surface area contributed by atoms with Crippen LogP contribution < -0.4 is 4.74 Å². The second-order valence-electron chi connectivity index (χ2n) is 4.39. The van der Waals surface area contributed by atoms with E-state index in [1.165, 1.54) is 0 Å². The highest BCUT2D eigenvalue weighted by Gasteiger charge is 2.07. The summed E-state index contributed by atoms with van der Waals surface area (Å²) in [4.78, 5) is 11.1. The lowest BCUT2D eigenvalue weighted by molar-refractivity contribution is 0.111. The number of aryl methyl sites for hydroxylation is 2. The van der Waals surface area contributed by atoms with Crippen molar-refractivity contribution in [1.82, 2.24) is 0 Å². The van der Waals surface area contributed by atoms with E-state index in [2.05, 4.69) is 0 Å². The van der Waals surface area contributed by atoms with Gasteiger partial charge in [-0.3, -0.25) is 4.79 Å². The fourth-order valence-electron chi connectivity index (χ4n) is 1.95. The van der Waals surface area contributed by atoms with E-state index in [0.29, 0.717) is 17.9 Å². The maximum absolute atomic E-state index is 11.1. The molecule has 0 aliphatic rings. The molecule has 0 atom stereocenters. The molecular weight excluding hydrogens is 224 g/mol. The van der Waals surface area contributed by atoms with Crippen LogP contribution >= 0.6 is 0 Å². The Hall–Kier alpha value is -2.09. The zero-order valence-corrected chi connectivity index (χ0v) is 10.6. The summed E-state index contributed by atoms with van der Waals surface area (Å²) in [6.45, 7) is 4.40. The van der Waals surface area contributed by atoms with Gasteiger partial charge in [0.25, 0.3) is 0 Å². The van der Waals surface area contributed by atoms with Gasteiger partial charge in [0.05, 0.1) is 5.56 Å². The third-order valence-electron chi connectivity index (χ3n) is 2.85. The number of carbonyl (C=O) groups is 1. The van der Waals surface area contributed by atoms with E-state index < -0.39 is 0 Å². The topological polar surface area (TPSA) is 26.3 Å². The molecule has 18 heavy (non-hydrogen) atoms. The summed E-state index contributed by atoms with van der Waals surface area (Å²) in [5, 5.41) is 0. The molecular formula is C16H16O2. The molecule has 0 aliphatic carbocycles. The first-order chi connectivity index (χ1) is 8.70. The summed E-state index contributed by atoms with van der Waals surface area (Å²) in [5.41, 5.74) is 3.78. The summed E-state index contributed by atoms with van der Waals surface area (Å²) in [7, 11) is 0. The lowest BCUT2D eigenvalue weighted by Crippen LogP contribution is -2.00. The molecule has 0 spiro atoms. The fourth-order valence-corrected chi connectivity index (χ4v) is 1.95. The minimum atomic E-state index is 0.477.